The molecule has 0 amide bonds. The van der Waals surface area contributed by atoms with Crippen molar-refractivity contribution in [3.05, 3.63) is 29.8 Å². The lowest BCUT2D eigenvalue weighted by atomic mass is 10.1. The molecular formula is C12H19NS2. The minimum Gasteiger partial charge on any atom is -0.384 e. The highest BCUT2D eigenvalue weighted by Crippen LogP contribution is 2.13. The lowest BCUT2D eigenvalue weighted by molar-refractivity contribution is 0.950. The smallest absolute Gasteiger partial charge is 0.0340 e. The van der Waals surface area contributed by atoms with E-state index in [0.29, 0.717) is 10.5 Å². The summed E-state index contributed by atoms with van der Waals surface area (Å²) < 4.78 is 0. The highest BCUT2D eigenvalue weighted by atomic mass is 32.1. The molecule has 0 saturated heterocycles. The predicted octanol–water partition coefficient (Wildman–Crippen LogP) is 3.28. The minimum atomic E-state index is 0.377. The molecule has 0 spiro atoms. The van der Waals surface area contributed by atoms with Gasteiger partial charge in [0.2, 0.25) is 0 Å². The Morgan fingerprint density at radius 2 is 1.67 bits per heavy atom. The van der Waals surface area contributed by atoms with Crippen molar-refractivity contribution in [1.29, 1.82) is 0 Å². The first-order chi connectivity index (χ1) is 7.08. The lowest BCUT2D eigenvalue weighted by Gasteiger charge is -2.09. The third kappa shape index (κ3) is 5.38. The summed E-state index contributed by atoms with van der Waals surface area (Å²) in [6.45, 7) is 5.08. The molecular weight excluding hydrogens is 222 g/mol. The fourth-order valence-corrected chi connectivity index (χ4v) is 1.67. The molecule has 2 atom stereocenters. The van der Waals surface area contributed by atoms with Crippen LogP contribution in [0.5, 0.6) is 0 Å². The fraction of sp³-hybridized carbons (Fsp3) is 0.500. The van der Waals surface area contributed by atoms with Crippen molar-refractivity contribution in [1.82, 2.24) is 0 Å². The first-order valence-corrected chi connectivity index (χ1v) is 6.30. The van der Waals surface area contributed by atoms with Crippen LogP contribution in [0, 0.1) is 0 Å². The number of rotatable bonds is 5. The molecule has 0 bridgehead atoms. The molecule has 2 unspecified atom stereocenters. The van der Waals surface area contributed by atoms with Gasteiger partial charge in [0, 0.05) is 22.7 Å². The molecule has 0 aliphatic rings. The SMILES string of the molecule is CC(S)CNc1ccc(CC(C)S)cc1. The van der Waals surface area contributed by atoms with Gasteiger partial charge in [-0.05, 0) is 24.1 Å². The summed E-state index contributed by atoms with van der Waals surface area (Å²) in [4.78, 5) is 0. The third-order valence-corrected chi connectivity index (χ3v) is 2.45. The topological polar surface area (TPSA) is 12.0 Å². The number of hydrogen-bond donors (Lipinski definition) is 3. The molecule has 0 aliphatic heterocycles. The van der Waals surface area contributed by atoms with Crippen molar-refractivity contribution in [2.45, 2.75) is 30.8 Å². The molecule has 0 heterocycles. The quantitative estimate of drug-likeness (QED) is 0.672. The van der Waals surface area contributed by atoms with Gasteiger partial charge in [0.15, 0.2) is 0 Å². The monoisotopic (exact) mass is 241 g/mol. The molecule has 1 nitrogen and oxygen atoms in total. The van der Waals surface area contributed by atoms with Gasteiger partial charge in [-0.3, -0.25) is 0 Å². The second kappa shape index (κ2) is 6.33. The number of thiol groups is 2. The van der Waals surface area contributed by atoms with Gasteiger partial charge in [-0.2, -0.15) is 25.3 Å². The van der Waals surface area contributed by atoms with E-state index in [-0.39, 0.29) is 0 Å². The lowest BCUT2D eigenvalue weighted by Crippen LogP contribution is -2.10. The predicted molar refractivity (Wildman–Crippen MR) is 75.5 cm³/mol. The zero-order chi connectivity index (χ0) is 11.3. The van der Waals surface area contributed by atoms with Crippen LogP contribution in [-0.2, 0) is 6.42 Å². The Hall–Kier alpha value is -0.280. The van der Waals surface area contributed by atoms with Crippen LogP contribution in [0.25, 0.3) is 0 Å². The Balaban J connectivity index is 2.49. The maximum atomic E-state index is 4.38. The van der Waals surface area contributed by atoms with E-state index in [1.807, 2.05) is 0 Å². The van der Waals surface area contributed by atoms with Crippen molar-refractivity contribution >= 4 is 30.9 Å². The number of hydrogen-bond acceptors (Lipinski definition) is 3. The molecule has 1 aromatic rings. The Bertz CT molecular complexity index is 280. The molecule has 0 saturated carbocycles. The van der Waals surface area contributed by atoms with E-state index >= 15 is 0 Å². The van der Waals surface area contributed by atoms with Crippen molar-refractivity contribution in [3.8, 4) is 0 Å². The van der Waals surface area contributed by atoms with Crippen LogP contribution in [0.2, 0.25) is 0 Å². The molecule has 1 aromatic carbocycles. The Morgan fingerprint density at radius 1 is 1.07 bits per heavy atom. The zero-order valence-electron chi connectivity index (χ0n) is 9.27. The standard InChI is InChI=1S/C12H19NS2/c1-9(14)7-11-3-5-12(6-4-11)13-8-10(2)15/h3-6,9-10,13-15H,7-8H2,1-2H3. The number of nitrogens with one attached hydrogen (secondary N) is 1. The van der Waals surface area contributed by atoms with E-state index in [4.69, 9.17) is 0 Å². The first-order valence-electron chi connectivity index (χ1n) is 5.27. The molecule has 0 radical (unpaired) electrons. The summed E-state index contributed by atoms with van der Waals surface area (Å²) in [6, 6.07) is 8.53. The number of anilines is 1. The van der Waals surface area contributed by atoms with Crippen LogP contribution in [0.4, 0.5) is 5.69 Å². The first kappa shape index (κ1) is 12.8. The van der Waals surface area contributed by atoms with Crippen LogP contribution in [0.1, 0.15) is 19.4 Å². The number of benzene rings is 1. The van der Waals surface area contributed by atoms with E-state index in [1.165, 1.54) is 5.56 Å². The summed E-state index contributed by atoms with van der Waals surface area (Å²) in [6.07, 6.45) is 1.02. The van der Waals surface area contributed by atoms with Gasteiger partial charge in [0.1, 0.15) is 0 Å². The molecule has 3 heteroatoms. The maximum absolute atomic E-state index is 4.38. The van der Waals surface area contributed by atoms with Gasteiger partial charge in [-0.15, -0.1) is 0 Å². The average molecular weight is 241 g/mol. The van der Waals surface area contributed by atoms with Crippen LogP contribution < -0.4 is 5.32 Å². The van der Waals surface area contributed by atoms with Crippen LogP contribution in [0.15, 0.2) is 24.3 Å². The van der Waals surface area contributed by atoms with Crippen LogP contribution >= 0.6 is 25.3 Å². The minimum absolute atomic E-state index is 0.377. The van der Waals surface area contributed by atoms with Crippen molar-refractivity contribution in [2.24, 2.45) is 0 Å². The Morgan fingerprint density at radius 3 is 2.13 bits per heavy atom. The highest BCUT2D eigenvalue weighted by molar-refractivity contribution is 7.81. The molecule has 1 N–H and O–H groups in total. The molecule has 84 valence electrons. The Labute approximate surface area is 103 Å². The average Bonchev–Trinajstić information content (AvgIpc) is 2.16. The second-order valence-corrected chi connectivity index (χ2v) is 5.74. The van der Waals surface area contributed by atoms with E-state index < -0.39 is 0 Å². The molecule has 0 aliphatic carbocycles. The van der Waals surface area contributed by atoms with Gasteiger partial charge in [0.05, 0.1) is 0 Å². The summed E-state index contributed by atoms with van der Waals surface area (Å²) in [5.41, 5.74) is 2.49. The maximum Gasteiger partial charge on any atom is 0.0340 e. The van der Waals surface area contributed by atoms with E-state index in [9.17, 15) is 0 Å². The summed E-state index contributed by atoms with van der Waals surface area (Å²) >= 11 is 8.70. The van der Waals surface area contributed by atoms with Crippen molar-refractivity contribution < 1.29 is 0 Å². The molecule has 0 aromatic heterocycles. The summed E-state index contributed by atoms with van der Waals surface area (Å²) in [5.74, 6) is 0. The Kier molecular flexibility index (Phi) is 5.40. The highest BCUT2D eigenvalue weighted by Gasteiger charge is 1.99. The van der Waals surface area contributed by atoms with Gasteiger partial charge >= 0.3 is 0 Å². The zero-order valence-corrected chi connectivity index (χ0v) is 11.1. The van der Waals surface area contributed by atoms with Gasteiger partial charge in [-0.1, -0.05) is 26.0 Å². The third-order valence-electron chi connectivity index (χ3n) is 2.09. The van der Waals surface area contributed by atoms with Crippen LogP contribution in [0.3, 0.4) is 0 Å². The van der Waals surface area contributed by atoms with Crippen LogP contribution in [-0.4, -0.2) is 17.0 Å². The largest absolute Gasteiger partial charge is 0.384 e. The fourth-order valence-electron chi connectivity index (χ4n) is 1.37. The van der Waals surface area contributed by atoms with Gasteiger partial charge in [0.25, 0.3) is 0 Å². The second-order valence-electron chi connectivity index (χ2n) is 3.98. The summed E-state index contributed by atoms with van der Waals surface area (Å²) in [7, 11) is 0. The van der Waals surface area contributed by atoms with Crippen molar-refractivity contribution in [2.75, 3.05) is 11.9 Å². The van der Waals surface area contributed by atoms with Crippen molar-refractivity contribution in [3.63, 3.8) is 0 Å². The summed E-state index contributed by atoms with van der Waals surface area (Å²) in [5, 5.41) is 4.12. The van der Waals surface area contributed by atoms with E-state index in [1.54, 1.807) is 0 Å². The molecule has 15 heavy (non-hydrogen) atoms. The van der Waals surface area contributed by atoms with E-state index in [0.717, 1.165) is 18.7 Å². The normalized spacial score (nSPS) is 14.7. The molecule has 1 rings (SSSR count). The van der Waals surface area contributed by atoms with Gasteiger partial charge in [-0.25, -0.2) is 0 Å². The van der Waals surface area contributed by atoms with Gasteiger partial charge < -0.3 is 5.32 Å². The van der Waals surface area contributed by atoms with E-state index in [2.05, 4.69) is 68.7 Å². The molecule has 0 fully saturated rings.